The van der Waals surface area contributed by atoms with Crippen LogP contribution in [0.1, 0.15) is 34.1 Å². The minimum Gasteiger partial charge on any atom is -0.454 e. The smallest absolute Gasteiger partial charge is 0.231 e. The molecule has 2 unspecified atom stereocenters. The summed E-state index contributed by atoms with van der Waals surface area (Å²) < 4.78 is 10.7. The molecule has 1 fully saturated rings. The van der Waals surface area contributed by atoms with Gasteiger partial charge in [-0.1, -0.05) is 27.7 Å². The molecule has 7 nitrogen and oxygen atoms in total. The largest absolute Gasteiger partial charge is 0.454 e. The average Bonchev–Trinajstić information content (AvgIpc) is 3.30. The van der Waals surface area contributed by atoms with Crippen LogP contribution in [-0.4, -0.2) is 55.7 Å². The van der Waals surface area contributed by atoms with Gasteiger partial charge >= 0.3 is 0 Å². The van der Waals surface area contributed by atoms with Crippen molar-refractivity contribution in [3.63, 3.8) is 0 Å². The highest BCUT2D eigenvalue weighted by Crippen LogP contribution is 2.37. The normalized spacial score (nSPS) is 19.6. The Hall–Kier alpha value is -2.28. The summed E-state index contributed by atoms with van der Waals surface area (Å²) in [5.41, 5.74) is 0.743. The summed E-state index contributed by atoms with van der Waals surface area (Å²) in [6, 6.07) is 5.73. The van der Waals surface area contributed by atoms with Crippen LogP contribution in [0.3, 0.4) is 0 Å². The number of fused-ring (bicyclic) bond motifs is 1. The highest BCUT2D eigenvalue weighted by atomic mass is 16.7. The van der Waals surface area contributed by atoms with Crippen molar-refractivity contribution < 1.29 is 19.1 Å². The van der Waals surface area contributed by atoms with Crippen molar-refractivity contribution >= 4 is 17.5 Å². The fraction of sp³-hybridized carbons (Fsp3) is 0.619. The maximum atomic E-state index is 12.7. The van der Waals surface area contributed by atoms with Crippen molar-refractivity contribution in [3.8, 4) is 11.5 Å². The maximum Gasteiger partial charge on any atom is 0.231 e. The van der Waals surface area contributed by atoms with E-state index in [1.54, 1.807) is 17.0 Å². The molecule has 28 heavy (non-hydrogen) atoms. The van der Waals surface area contributed by atoms with Crippen molar-refractivity contribution in [1.29, 1.82) is 0 Å². The van der Waals surface area contributed by atoms with Crippen LogP contribution in [0, 0.1) is 11.8 Å². The van der Waals surface area contributed by atoms with Gasteiger partial charge in [0.15, 0.2) is 11.5 Å². The number of nitrogens with zero attached hydrogens (tertiary/aromatic N) is 2. The van der Waals surface area contributed by atoms with Gasteiger partial charge in [0.05, 0.1) is 5.92 Å². The second-order valence-corrected chi connectivity index (χ2v) is 7.72. The van der Waals surface area contributed by atoms with E-state index in [9.17, 15) is 9.59 Å². The Morgan fingerprint density at radius 2 is 1.96 bits per heavy atom. The van der Waals surface area contributed by atoms with E-state index in [1.807, 2.05) is 6.07 Å². The van der Waals surface area contributed by atoms with Crippen LogP contribution in [0.2, 0.25) is 0 Å². The Morgan fingerprint density at radius 1 is 1.25 bits per heavy atom. The first-order valence-electron chi connectivity index (χ1n) is 10.2. The molecule has 2 aliphatic rings. The molecule has 1 aromatic rings. The number of hydrogen-bond donors (Lipinski definition) is 1. The summed E-state index contributed by atoms with van der Waals surface area (Å²) in [6.45, 7) is 11.7. The van der Waals surface area contributed by atoms with Crippen LogP contribution < -0.4 is 19.7 Å². The van der Waals surface area contributed by atoms with Gasteiger partial charge in [-0.25, -0.2) is 0 Å². The Labute approximate surface area is 167 Å². The predicted octanol–water partition coefficient (Wildman–Crippen LogP) is 2.25. The lowest BCUT2D eigenvalue weighted by atomic mass is 10.0. The van der Waals surface area contributed by atoms with Crippen LogP contribution in [-0.2, 0) is 9.59 Å². The third kappa shape index (κ3) is 4.24. The molecular weight excluding hydrogens is 358 g/mol. The Bertz CT molecular complexity index is 718. The molecule has 2 heterocycles. The number of rotatable bonds is 8. The fourth-order valence-electron chi connectivity index (χ4n) is 4.01. The van der Waals surface area contributed by atoms with Gasteiger partial charge in [0.1, 0.15) is 0 Å². The number of ether oxygens (including phenoxy) is 2. The minimum atomic E-state index is -0.331. The molecule has 154 valence electrons. The Morgan fingerprint density at radius 3 is 2.64 bits per heavy atom. The molecule has 0 aliphatic carbocycles. The molecule has 0 saturated carbocycles. The third-order valence-corrected chi connectivity index (χ3v) is 5.70. The zero-order valence-electron chi connectivity index (χ0n) is 17.2. The Balaban J connectivity index is 1.60. The molecule has 3 rings (SSSR count). The molecule has 7 heteroatoms. The van der Waals surface area contributed by atoms with E-state index in [4.69, 9.17) is 9.47 Å². The Kier molecular flexibility index (Phi) is 6.44. The summed E-state index contributed by atoms with van der Waals surface area (Å²) in [7, 11) is 0. The lowest BCUT2D eigenvalue weighted by molar-refractivity contribution is -0.126. The van der Waals surface area contributed by atoms with Gasteiger partial charge in [0.2, 0.25) is 18.6 Å². The molecule has 1 aromatic carbocycles. The van der Waals surface area contributed by atoms with E-state index in [1.165, 1.54) is 0 Å². The van der Waals surface area contributed by atoms with E-state index in [0.717, 1.165) is 18.8 Å². The minimum absolute atomic E-state index is 0.0387. The van der Waals surface area contributed by atoms with Crippen LogP contribution in [0.15, 0.2) is 18.2 Å². The molecule has 2 atom stereocenters. The molecular formula is C21H31N3O4. The summed E-state index contributed by atoms with van der Waals surface area (Å²) in [6.07, 6.45) is 0.234. The molecule has 0 aromatic heterocycles. The molecule has 0 spiro atoms. The highest BCUT2D eigenvalue weighted by Gasteiger charge is 2.36. The summed E-state index contributed by atoms with van der Waals surface area (Å²) in [5.74, 6) is 1.34. The van der Waals surface area contributed by atoms with Crippen molar-refractivity contribution in [2.45, 2.75) is 40.2 Å². The first-order chi connectivity index (χ1) is 13.4. The lowest BCUT2D eigenvalue weighted by Crippen LogP contribution is -2.48. The first kappa shape index (κ1) is 20.5. The number of likely N-dealkylation sites (N-methyl/N-ethyl adjacent to an activating group) is 1. The van der Waals surface area contributed by atoms with Gasteiger partial charge in [-0.3, -0.25) is 14.5 Å². The summed E-state index contributed by atoms with van der Waals surface area (Å²) in [4.78, 5) is 29.3. The van der Waals surface area contributed by atoms with E-state index in [-0.39, 0.29) is 30.9 Å². The average molecular weight is 389 g/mol. The van der Waals surface area contributed by atoms with Crippen LogP contribution in [0.25, 0.3) is 0 Å². The second-order valence-electron chi connectivity index (χ2n) is 7.72. The molecule has 1 N–H and O–H groups in total. The van der Waals surface area contributed by atoms with Crippen molar-refractivity contribution in [3.05, 3.63) is 18.2 Å². The molecule has 2 amide bonds. The maximum absolute atomic E-state index is 12.7. The number of nitrogens with one attached hydrogen (secondary N) is 1. The quantitative estimate of drug-likeness (QED) is 0.738. The van der Waals surface area contributed by atoms with Crippen LogP contribution in [0.5, 0.6) is 11.5 Å². The monoisotopic (exact) mass is 389 g/mol. The molecule has 0 radical (unpaired) electrons. The number of amides is 2. The first-order valence-corrected chi connectivity index (χ1v) is 10.2. The molecule has 1 saturated heterocycles. The number of anilines is 1. The van der Waals surface area contributed by atoms with Gasteiger partial charge < -0.3 is 19.7 Å². The zero-order chi connectivity index (χ0) is 20.3. The lowest BCUT2D eigenvalue weighted by Gasteiger charge is -2.33. The van der Waals surface area contributed by atoms with Gasteiger partial charge in [-0.2, -0.15) is 0 Å². The second kappa shape index (κ2) is 8.82. The van der Waals surface area contributed by atoms with E-state index >= 15 is 0 Å². The van der Waals surface area contributed by atoms with Gasteiger partial charge in [0, 0.05) is 37.3 Å². The number of carbonyl (C=O) groups is 2. The van der Waals surface area contributed by atoms with Crippen LogP contribution in [0.4, 0.5) is 5.69 Å². The van der Waals surface area contributed by atoms with Crippen molar-refractivity contribution in [1.82, 2.24) is 10.2 Å². The SMILES string of the molecule is CCN(CC)C(CNC(=O)C1CC(=O)N(c2ccc3c(c2)OCO3)C1)C(C)C. The number of hydrogen-bond acceptors (Lipinski definition) is 5. The van der Waals surface area contributed by atoms with Gasteiger partial charge in [0.25, 0.3) is 0 Å². The standard InChI is InChI=1S/C21H31N3O4/c1-5-23(6-2)17(14(3)4)11-22-21(26)15-9-20(25)24(12-15)16-7-8-18-19(10-16)28-13-27-18/h7-8,10,14-15,17H,5-6,9,11-13H2,1-4H3,(H,22,26). The van der Waals surface area contributed by atoms with Gasteiger partial charge in [-0.05, 0) is 31.1 Å². The summed E-state index contributed by atoms with van der Waals surface area (Å²) in [5, 5.41) is 3.09. The number of benzene rings is 1. The van der Waals surface area contributed by atoms with E-state index in [2.05, 4.69) is 37.9 Å². The highest BCUT2D eigenvalue weighted by molar-refractivity contribution is 6.00. The fourth-order valence-corrected chi connectivity index (χ4v) is 4.01. The van der Waals surface area contributed by atoms with Crippen LogP contribution >= 0.6 is 0 Å². The predicted molar refractivity (Wildman–Crippen MR) is 108 cm³/mol. The van der Waals surface area contributed by atoms with Crippen molar-refractivity contribution in [2.24, 2.45) is 11.8 Å². The van der Waals surface area contributed by atoms with Crippen molar-refractivity contribution in [2.75, 3.05) is 37.9 Å². The molecule has 0 bridgehead atoms. The van der Waals surface area contributed by atoms with Gasteiger partial charge in [-0.15, -0.1) is 0 Å². The summed E-state index contributed by atoms with van der Waals surface area (Å²) >= 11 is 0. The van der Waals surface area contributed by atoms with E-state index in [0.29, 0.717) is 36.5 Å². The topological polar surface area (TPSA) is 71.1 Å². The van der Waals surface area contributed by atoms with E-state index < -0.39 is 0 Å². The third-order valence-electron chi connectivity index (χ3n) is 5.70. The molecule has 2 aliphatic heterocycles. The number of carbonyl (C=O) groups excluding carboxylic acids is 2. The zero-order valence-corrected chi connectivity index (χ0v) is 17.2.